The van der Waals surface area contributed by atoms with Crippen LogP contribution in [0, 0.1) is 11.6 Å². The van der Waals surface area contributed by atoms with E-state index in [1.165, 1.54) is 30.2 Å². The van der Waals surface area contributed by atoms with Crippen molar-refractivity contribution in [3.63, 3.8) is 0 Å². The first-order valence-corrected chi connectivity index (χ1v) is 9.63. The highest BCUT2D eigenvalue weighted by atomic mass is 19.1. The Morgan fingerprint density at radius 2 is 1.93 bits per heavy atom. The Labute approximate surface area is 164 Å². The molecular weight excluding hydrogens is 362 g/mol. The third-order valence-corrected chi connectivity index (χ3v) is 5.17. The molecule has 0 radical (unpaired) electrons. The minimum atomic E-state index is -0.899. The van der Waals surface area contributed by atoms with Gasteiger partial charge in [0.1, 0.15) is 11.6 Å². The molecule has 28 heavy (non-hydrogen) atoms. The van der Waals surface area contributed by atoms with E-state index in [9.17, 15) is 18.7 Å². The van der Waals surface area contributed by atoms with Crippen LogP contribution in [0.3, 0.4) is 0 Å². The van der Waals surface area contributed by atoms with Crippen molar-refractivity contribution >= 4 is 5.91 Å². The molecule has 0 saturated carbocycles. The maximum absolute atomic E-state index is 13.5. The van der Waals surface area contributed by atoms with E-state index in [1.807, 2.05) is 12.1 Å². The lowest BCUT2D eigenvalue weighted by Gasteiger charge is -2.30. The molecule has 0 aromatic heterocycles. The number of nitrogens with one attached hydrogen (secondary N) is 2. The van der Waals surface area contributed by atoms with Crippen LogP contribution in [0.2, 0.25) is 0 Å². The molecule has 4 nitrogen and oxygen atoms in total. The number of fused-ring (bicyclic) bond motifs is 1. The second kappa shape index (κ2) is 9.26. The zero-order valence-corrected chi connectivity index (χ0v) is 15.9. The predicted octanol–water partition coefficient (Wildman–Crippen LogP) is 3.04. The maximum atomic E-state index is 13.5. The summed E-state index contributed by atoms with van der Waals surface area (Å²) in [7, 11) is 0. The van der Waals surface area contributed by atoms with Gasteiger partial charge in [-0.1, -0.05) is 24.3 Å². The van der Waals surface area contributed by atoms with Crippen molar-refractivity contribution in [3.8, 4) is 0 Å². The fraction of sp³-hybridized carbons (Fsp3) is 0.409. The van der Waals surface area contributed by atoms with Gasteiger partial charge >= 0.3 is 0 Å². The van der Waals surface area contributed by atoms with Gasteiger partial charge in [0.05, 0.1) is 12.1 Å². The average molecular weight is 388 g/mol. The number of aryl methyl sites for hydroxylation is 1. The number of aliphatic hydroxyl groups is 1. The van der Waals surface area contributed by atoms with Crippen LogP contribution >= 0.6 is 0 Å². The van der Waals surface area contributed by atoms with Gasteiger partial charge in [-0.25, -0.2) is 8.78 Å². The number of carbonyl (C=O) groups is 1. The smallest absolute Gasteiger partial charge is 0.217 e. The van der Waals surface area contributed by atoms with Crippen molar-refractivity contribution in [2.45, 2.75) is 50.8 Å². The highest BCUT2D eigenvalue weighted by molar-refractivity contribution is 5.73. The Kier molecular flexibility index (Phi) is 6.75. The lowest BCUT2D eigenvalue weighted by molar-refractivity contribution is -0.120. The van der Waals surface area contributed by atoms with Crippen LogP contribution in [0.5, 0.6) is 0 Å². The molecule has 0 saturated heterocycles. The first-order chi connectivity index (χ1) is 13.4. The van der Waals surface area contributed by atoms with Crippen LogP contribution in [-0.4, -0.2) is 29.7 Å². The van der Waals surface area contributed by atoms with E-state index in [1.54, 1.807) is 0 Å². The van der Waals surface area contributed by atoms with E-state index < -0.39 is 23.8 Å². The topological polar surface area (TPSA) is 61.4 Å². The van der Waals surface area contributed by atoms with Crippen molar-refractivity contribution in [1.29, 1.82) is 0 Å². The first-order valence-electron chi connectivity index (χ1n) is 9.63. The van der Waals surface area contributed by atoms with Crippen molar-refractivity contribution in [2.24, 2.45) is 0 Å². The van der Waals surface area contributed by atoms with Gasteiger partial charge < -0.3 is 15.7 Å². The van der Waals surface area contributed by atoms with Gasteiger partial charge in [0.2, 0.25) is 5.91 Å². The summed E-state index contributed by atoms with van der Waals surface area (Å²) in [6.45, 7) is 1.62. The first kappa shape index (κ1) is 20.4. The number of hydrogen-bond donors (Lipinski definition) is 3. The Bertz CT molecular complexity index is 808. The van der Waals surface area contributed by atoms with E-state index in [4.69, 9.17) is 0 Å². The minimum Gasteiger partial charge on any atom is -0.390 e. The maximum Gasteiger partial charge on any atom is 0.217 e. The minimum absolute atomic E-state index is 0.137. The molecule has 0 heterocycles. The summed E-state index contributed by atoms with van der Waals surface area (Å²) in [6.07, 6.45) is 2.34. The van der Waals surface area contributed by atoms with E-state index in [2.05, 4.69) is 22.8 Å². The Morgan fingerprint density at radius 1 is 1.21 bits per heavy atom. The van der Waals surface area contributed by atoms with Crippen molar-refractivity contribution in [2.75, 3.05) is 6.54 Å². The van der Waals surface area contributed by atoms with Gasteiger partial charge in [-0.2, -0.15) is 0 Å². The molecule has 0 fully saturated rings. The summed E-state index contributed by atoms with van der Waals surface area (Å²) in [4.78, 5) is 11.6. The van der Waals surface area contributed by atoms with Gasteiger partial charge in [-0.05, 0) is 54.5 Å². The Hall–Kier alpha value is -2.31. The van der Waals surface area contributed by atoms with E-state index in [0.29, 0.717) is 5.56 Å². The molecule has 6 heteroatoms. The number of benzene rings is 2. The van der Waals surface area contributed by atoms with Gasteiger partial charge in [-0.3, -0.25) is 4.79 Å². The van der Waals surface area contributed by atoms with Gasteiger partial charge in [0, 0.05) is 25.6 Å². The summed E-state index contributed by atoms with van der Waals surface area (Å²) < 4.78 is 26.9. The van der Waals surface area contributed by atoms with Gasteiger partial charge in [-0.15, -0.1) is 0 Å². The highest BCUT2D eigenvalue weighted by Gasteiger charge is 2.24. The number of halogens is 2. The number of amides is 1. The number of hydrogen-bond acceptors (Lipinski definition) is 3. The summed E-state index contributed by atoms with van der Waals surface area (Å²) in [6, 6.07) is 11.0. The molecule has 3 atom stereocenters. The van der Waals surface area contributed by atoms with Gasteiger partial charge in [0.25, 0.3) is 0 Å². The summed E-state index contributed by atoms with van der Waals surface area (Å²) in [5.74, 6) is -1.66. The van der Waals surface area contributed by atoms with Crippen molar-refractivity contribution < 1.29 is 18.7 Å². The monoisotopic (exact) mass is 388 g/mol. The standard InChI is InChI=1S/C22H26F2N2O2/c1-14(27)26-21(11-15-9-17(23)12-18(24)10-15)22(28)13-25-20-8-4-6-16-5-2-3-7-19(16)20/h2-3,5,7,9-10,12,20-22,25,28H,4,6,8,11,13H2,1H3,(H,26,27)/t20-,21?,22+/m0/s1. The lowest BCUT2D eigenvalue weighted by atomic mass is 9.87. The second-order valence-corrected chi connectivity index (χ2v) is 7.41. The third kappa shape index (κ3) is 5.36. The molecule has 3 rings (SSSR count). The number of rotatable bonds is 7. The van der Waals surface area contributed by atoms with Crippen LogP contribution in [0.15, 0.2) is 42.5 Å². The van der Waals surface area contributed by atoms with E-state index in [0.717, 1.165) is 25.3 Å². The molecule has 0 bridgehead atoms. The zero-order valence-electron chi connectivity index (χ0n) is 15.9. The molecule has 1 aliphatic rings. The zero-order chi connectivity index (χ0) is 20.1. The lowest BCUT2D eigenvalue weighted by Crippen LogP contribution is -2.48. The quantitative estimate of drug-likeness (QED) is 0.683. The SMILES string of the molecule is CC(=O)NC(Cc1cc(F)cc(F)c1)[C@H](O)CN[C@H]1CCCc2ccccc21. The normalized spacial score (nSPS) is 18.2. The van der Waals surface area contributed by atoms with Crippen LogP contribution < -0.4 is 10.6 Å². The summed E-state index contributed by atoms with van der Waals surface area (Å²) in [5, 5.41) is 16.8. The second-order valence-electron chi connectivity index (χ2n) is 7.41. The van der Waals surface area contributed by atoms with Crippen LogP contribution in [0.1, 0.15) is 42.5 Å². The van der Waals surface area contributed by atoms with E-state index >= 15 is 0 Å². The molecule has 1 amide bonds. The summed E-state index contributed by atoms with van der Waals surface area (Å²) in [5.41, 5.74) is 2.94. The molecule has 0 aliphatic heterocycles. The average Bonchev–Trinajstić information content (AvgIpc) is 2.64. The fourth-order valence-electron chi connectivity index (χ4n) is 3.90. The highest BCUT2D eigenvalue weighted by Crippen LogP contribution is 2.29. The van der Waals surface area contributed by atoms with Crippen LogP contribution in [-0.2, 0) is 17.6 Å². The number of carbonyl (C=O) groups excluding carboxylic acids is 1. The molecule has 150 valence electrons. The molecule has 1 unspecified atom stereocenters. The largest absolute Gasteiger partial charge is 0.390 e. The Morgan fingerprint density at radius 3 is 2.64 bits per heavy atom. The van der Waals surface area contributed by atoms with Crippen molar-refractivity contribution in [1.82, 2.24) is 10.6 Å². The predicted molar refractivity (Wildman–Crippen MR) is 104 cm³/mol. The summed E-state index contributed by atoms with van der Waals surface area (Å²) >= 11 is 0. The van der Waals surface area contributed by atoms with Crippen LogP contribution in [0.4, 0.5) is 8.78 Å². The molecule has 1 aliphatic carbocycles. The van der Waals surface area contributed by atoms with Gasteiger partial charge in [0.15, 0.2) is 0 Å². The third-order valence-electron chi connectivity index (χ3n) is 5.17. The van der Waals surface area contributed by atoms with E-state index in [-0.39, 0.29) is 24.9 Å². The Balaban J connectivity index is 1.66. The number of aliphatic hydroxyl groups excluding tert-OH is 1. The molecule has 0 spiro atoms. The molecule has 2 aromatic rings. The molecule has 2 aromatic carbocycles. The fourth-order valence-corrected chi connectivity index (χ4v) is 3.90. The van der Waals surface area contributed by atoms with Crippen LogP contribution in [0.25, 0.3) is 0 Å². The molecular formula is C22H26F2N2O2. The van der Waals surface area contributed by atoms with Crippen molar-refractivity contribution in [3.05, 3.63) is 70.8 Å². The molecule has 3 N–H and O–H groups in total.